The number of rotatable bonds is 5. The minimum Gasteiger partial charge on any atom is -0.375 e. The van der Waals surface area contributed by atoms with E-state index in [-0.39, 0.29) is 18.5 Å². The fourth-order valence-corrected chi connectivity index (χ4v) is 1.45. The highest BCUT2D eigenvalue weighted by molar-refractivity contribution is 6.33. The quantitative estimate of drug-likeness (QED) is 0.848. The minimum atomic E-state index is -0.0221. The van der Waals surface area contributed by atoms with E-state index in [2.05, 4.69) is 24.5 Å². The topological polar surface area (TPSA) is 41.1 Å². The van der Waals surface area contributed by atoms with Crippen LogP contribution in [0.1, 0.15) is 20.8 Å². The lowest BCUT2D eigenvalue weighted by Crippen LogP contribution is -2.39. The fraction of sp³-hybridized carbons (Fsp3) is 0.462. The molecule has 0 bridgehead atoms. The Kier molecular flexibility index (Phi) is 5.29. The molecule has 0 fully saturated rings. The summed E-state index contributed by atoms with van der Waals surface area (Å²) < 4.78 is 0. The number of halogens is 1. The maximum atomic E-state index is 11.6. The van der Waals surface area contributed by atoms with Crippen LogP contribution in [0.2, 0.25) is 5.02 Å². The highest BCUT2D eigenvalue weighted by atomic mass is 35.5. The van der Waals surface area contributed by atoms with Crippen LogP contribution in [0.3, 0.4) is 0 Å². The van der Waals surface area contributed by atoms with Gasteiger partial charge in [-0.1, -0.05) is 37.6 Å². The SMILES string of the molecule is CC(C)C(C)NC(=O)CNc1ccccc1Cl. The summed E-state index contributed by atoms with van der Waals surface area (Å²) in [5, 5.41) is 6.56. The van der Waals surface area contributed by atoms with Crippen LogP contribution in [-0.4, -0.2) is 18.5 Å². The molecule has 1 aromatic rings. The molecule has 0 radical (unpaired) electrons. The van der Waals surface area contributed by atoms with Crippen molar-refractivity contribution in [1.82, 2.24) is 5.32 Å². The predicted molar refractivity (Wildman–Crippen MR) is 72.4 cm³/mol. The fourth-order valence-electron chi connectivity index (χ4n) is 1.25. The van der Waals surface area contributed by atoms with Gasteiger partial charge in [0.25, 0.3) is 0 Å². The lowest BCUT2D eigenvalue weighted by molar-refractivity contribution is -0.120. The van der Waals surface area contributed by atoms with Crippen LogP contribution in [0.15, 0.2) is 24.3 Å². The number of amides is 1. The zero-order valence-corrected chi connectivity index (χ0v) is 11.2. The van der Waals surface area contributed by atoms with E-state index in [1.807, 2.05) is 25.1 Å². The number of benzene rings is 1. The Balaban J connectivity index is 2.41. The maximum absolute atomic E-state index is 11.6. The van der Waals surface area contributed by atoms with Gasteiger partial charge in [-0.3, -0.25) is 4.79 Å². The normalized spacial score (nSPS) is 12.3. The van der Waals surface area contributed by atoms with Crippen molar-refractivity contribution in [1.29, 1.82) is 0 Å². The molecule has 0 spiro atoms. The summed E-state index contributed by atoms with van der Waals surface area (Å²) in [6.45, 7) is 6.39. The Morgan fingerprint density at radius 3 is 2.53 bits per heavy atom. The second-order valence-electron chi connectivity index (χ2n) is 4.43. The van der Waals surface area contributed by atoms with Crippen molar-refractivity contribution in [2.24, 2.45) is 5.92 Å². The predicted octanol–water partition coefficient (Wildman–Crippen LogP) is 2.91. The Bertz CT molecular complexity index is 379. The van der Waals surface area contributed by atoms with E-state index < -0.39 is 0 Å². The van der Waals surface area contributed by atoms with Crippen LogP contribution < -0.4 is 10.6 Å². The van der Waals surface area contributed by atoms with Crippen molar-refractivity contribution in [2.45, 2.75) is 26.8 Å². The molecule has 0 heterocycles. The Morgan fingerprint density at radius 2 is 1.94 bits per heavy atom. The summed E-state index contributed by atoms with van der Waals surface area (Å²) in [6.07, 6.45) is 0. The third-order valence-corrected chi connectivity index (χ3v) is 3.03. The molecule has 0 aliphatic heterocycles. The molecule has 94 valence electrons. The summed E-state index contributed by atoms with van der Waals surface area (Å²) in [7, 11) is 0. The van der Waals surface area contributed by atoms with Gasteiger partial charge >= 0.3 is 0 Å². The van der Waals surface area contributed by atoms with Crippen LogP contribution >= 0.6 is 11.6 Å². The molecular formula is C13H19ClN2O. The zero-order chi connectivity index (χ0) is 12.8. The van der Waals surface area contributed by atoms with Crippen molar-refractivity contribution in [3.8, 4) is 0 Å². The van der Waals surface area contributed by atoms with E-state index >= 15 is 0 Å². The van der Waals surface area contributed by atoms with Crippen LogP contribution in [0.4, 0.5) is 5.69 Å². The van der Waals surface area contributed by atoms with E-state index in [1.165, 1.54) is 0 Å². The lowest BCUT2D eigenvalue weighted by Gasteiger charge is -2.17. The molecule has 0 saturated heterocycles. The molecule has 1 amide bonds. The minimum absolute atomic E-state index is 0.0221. The van der Waals surface area contributed by atoms with Crippen molar-refractivity contribution < 1.29 is 4.79 Å². The summed E-state index contributed by atoms with van der Waals surface area (Å²) in [4.78, 5) is 11.6. The molecule has 0 aliphatic carbocycles. The number of hydrogen-bond acceptors (Lipinski definition) is 2. The number of carbonyl (C=O) groups excluding carboxylic acids is 1. The molecule has 1 unspecified atom stereocenters. The zero-order valence-electron chi connectivity index (χ0n) is 10.5. The first kappa shape index (κ1) is 13.8. The molecule has 0 saturated carbocycles. The largest absolute Gasteiger partial charge is 0.375 e. The summed E-state index contributed by atoms with van der Waals surface area (Å²) in [5.41, 5.74) is 0.779. The average molecular weight is 255 g/mol. The van der Waals surface area contributed by atoms with E-state index in [9.17, 15) is 4.79 Å². The molecule has 1 aromatic carbocycles. The highest BCUT2D eigenvalue weighted by Gasteiger charge is 2.10. The molecule has 17 heavy (non-hydrogen) atoms. The summed E-state index contributed by atoms with van der Waals surface area (Å²) in [5.74, 6) is 0.408. The van der Waals surface area contributed by atoms with Crippen molar-refractivity contribution >= 4 is 23.2 Å². The van der Waals surface area contributed by atoms with Gasteiger partial charge in [-0.05, 0) is 25.0 Å². The standard InChI is InChI=1S/C13H19ClN2O/c1-9(2)10(3)16-13(17)8-15-12-7-5-4-6-11(12)14/h4-7,9-10,15H,8H2,1-3H3,(H,16,17). The van der Waals surface area contributed by atoms with Gasteiger partial charge in [0.2, 0.25) is 5.91 Å². The van der Waals surface area contributed by atoms with E-state index in [1.54, 1.807) is 6.07 Å². The second kappa shape index (κ2) is 6.50. The van der Waals surface area contributed by atoms with E-state index in [4.69, 9.17) is 11.6 Å². The lowest BCUT2D eigenvalue weighted by atomic mass is 10.1. The van der Waals surface area contributed by atoms with Crippen LogP contribution in [-0.2, 0) is 4.79 Å². The van der Waals surface area contributed by atoms with Gasteiger partial charge in [0.05, 0.1) is 17.3 Å². The Morgan fingerprint density at radius 1 is 1.29 bits per heavy atom. The number of carbonyl (C=O) groups is 1. The van der Waals surface area contributed by atoms with Gasteiger partial charge < -0.3 is 10.6 Å². The van der Waals surface area contributed by atoms with Crippen molar-refractivity contribution in [3.05, 3.63) is 29.3 Å². The molecule has 2 N–H and O–H groups in total. The maximum Gasteiger partial charge on any atom is 0.239 e. The molecular weight excluding hydrogens is 236 g/mol. The molecule has 0 aromatic heterocycles. The number of hydrogen-bond donors (Lipinski definition) is 2. The first-order valence-electron chi connectivity index (χ1n) is 5.78. The Hall–Kier alpha value is -1.22. The molecule has 1 rings (SSSR count). The first-order chi connectivity index (χ1) is 8.00. The van der Waals surface area contributed by atoms with Gasteiger partial charge in [-0.2, -0.15) is 0 Å². The molecule has 0 aliphatic rings. The van der Waals surface area contributed by atoms with Gasteiger partial charge in [0.15, 0.2) is 0 Å². The number of nitrogens with one attached hydrogen (secondary N) is 2. The highest BCUT2D eigenvalue weighted by Crippen LogP contribution is 2.19. The second-order valence-corrected chi connectivity index (χ2v) is 4.84. The van der Waals surface area contributed by atoms with E-state index in [0.717, 1.165) is 5.69 Å². The van der Waals surface area contributed by atoms with Gasteiger partial charge in [-0.15, -0.1) is 0 Å². The third-order valence-electron chi connectivity index (χ3n) is 2.70. The average Bonchev–Trinajstić information content (AvgIpc) is 2.27. The first-order valence-corrected chi connectivity index (χ1v) is 6.16. The van der Waals surface area contributed by atoms with Gasteiger partial charge in [-0.25, -0.2) is 0 Å². The van der Waals surface area contributed by atoms with Gasteiger partial charge in [0.1, 0.15) is 0 Å². The summed E-state index contributed by atoms with van der Waals surface area (Å²) in [6, 6.07) is 7.55. The van der Waals surface area contributed by atoms with Crippen LogP contribution in [0, 0.1) is 5.92 Å². The Labute approximate surface area is 108 Å². The van der Waals surface area contributed by atoms with Crippen molar-refractivity contribution in [3.63, 3.8) is 0 Å². The van der Waals surface area contributed by atoms with E-state index in [0.29, 0.717) is 10.9 Å². The van der Waals surface area contributed by atoms with Crippen LogP contribution in [0.5, 0.6) is 0 Å². The monoisotopic (exact) mass is 254 g/mol. The third kappa shape index (κ3) is 4.65. The summed E-state index contributed by atoms with van der Waals surface area (Å²) >= 11 is 5.97. The molecule has 1 atom stereocenters. The van der Waals surface area contributed by atoms with Crippen molar-refractivity contribution in [2.75, 3.05) is 11.9 Å². The molecule has 4 heteroatoms. The molecule has 3 nitrogen and oxygen atoms in total. The smallest absolute Gasteiger partial charge is 0.239 e. The number of anilines is 1. The van der Waals surface area contributed by atoms with Gasteiger partial charge in [0, 0.05) is 6.04 Å². The van der Waals surface area contributed by atoms with Crippen LogP contribution in [0.25, 0.3) is 0 Å². The number of para-hydroxylation sites is 1.